The molecule has 3 saturated heterocycles. The highest BCUT2D eigenvalue weighted by Gasteiger charge is 2.68. The summed E-state index contributed by atoms with van der Waals surface area (Å²) in [6, 6.07) is 0. The molecule has 3 aliphatic heterocycles. The lowest BCUT2D eigenvalue weighted by Gasteiger charge is -2.50. The van der Waals surface area contributed by atoms with Crippen molar-refractivity contribution in [2.24, 2.45) is 0 Å². The van der Waals surface area contributed by atoms with Crippen molar-refractivity contribution in [3.63, 3.8) is 0 Å². The Kier molecular flexibility index (Phi) is 3.98. The van der Waals surface area contributed by atoms with E-state index < -0.39 is 25.9 Å². The zero-order valence-electron chi connectivity index (χ0n) is 14.0. The van der Waals surface area contributed by atoms with E-state index in [1.54, 1.807) is 0 Å². The van der Waals surface area contributed by atoms with Crippen molar-refractivity contribution in [1.29, 1.82) is 0 Å². The minimum atomic E-state index is -2.97. The first-order valence-electron chi connectivity index (χ1n) is 7.89. The normalized spacial score (nSPS) is 41.2. The Labute approximate surface area is 132 Å². The fraction of sp³-hybridized carbons (Fsp3) is 1.00. The van der Waals surface area contributed by atoms with Crippen LogP contribution in [0.4, 0.5) is 0 Å². The summed E-state index contributed by atoms with van der Waals surface area (Å²) in [5.74, 6) is -0.872. The van der Waals surface area contributed by atoms with Crippen molar-refractivity contribution in [1.82, 2.24) is 5.06 Å². The van der Waals surface area contributed by atoms with Gasteiger partial charge in [-0.25, -0.2) is 0 Å². The van der Waals surface area contributed by atoms with Crippen molar-refractivity contribution >= 4 is 9.05 Å². The van der Waals surface area contributed by atoms with E-state index in [4.69, 9.17) is 22.4 Å². The van der Waals surface area contributed by atoms with Crippen molar-refractivity contribution < 1.29 is 27.6 Å². The van der Waals surface area contributed by atoms with Gasteiger partial charge in [-0.3, -0.25) is 0 Å². The Morgan fingerprint density at radius 2 is 1.68 bits per heavy atom. The van der Waals surface area contributed by atoms with E-state index in [0.29, 0.717) is 32.7 Å². The van der Waals surface area contributed by atoms with Gasteiger partial charge in [0.1, 0.15) is 0 Å². The number of fused-ring (bicyclic) bond motifs is 2. The number of hydrogen-bond acceptors (Lipinski definition) is 6. The summed E-state index contributed by atoms with van der Waals surface area (Å²) < 4.78 is 28.9. The fourth-order valence-electron chi connectivity index (χ4n) is 3.77. The predicted molar refractivity (Wildman–Crippen MR) is 77.9 cm³/mol. The number of hydroxylamine groups is 2. The Morgan fingerprint density at radius 3 is 2.18 bits per heavy atom. The molecule has 3 rings (SSSR count). The Hall–Kier alpha value is -0.0631. The lowest BCUT2D eigenvalue weighted by atomic mass is 9.80. The maximum absolute atomic E-state index is 12.4. The topological polar surface area (TPSA) is 69.3 Å². The van der Waals surface area contributed by atoms with Gasteiger partial charge in [-0.15, -0.1) is 10.3 Å². The molecule has 127 valence electrons. The van der Waals surface area contributed by atoms with Crippen molar-refractivity contribution in [3.8, 4) is 0 Å². The third-order valence-corrected chi connectivity index (χ3v) is 6.77. The standard InChI is InChI=1S/C14H26NO6Si/c1-6-17-22-18-9-14(21-22,10-19-22)20-11-7-12(2,3)15(16)13(4,5)8-11/h11H,6-10H2,1-5H3. The molecule has 0 aromatic rings. The minimum absolute atomic E-state index is 0.0769. The maximum atomic E-state index is 12.4. The smallest absolute Gasteiger partial charge is 0.351 e. The van der Waals surface area contributed by atoms with Crippen molar-refractivity contribution in [2.75, 3.05) is 19.8 Å². The highest BCUT2D eigenvalue weighted by molar-refractivity contribution is 6.54. The summed E-state index contributed by atoms with van der Waals surface area (Å²) in [7, 11) is -2.97. The van der Waals surface area contributed by atoms with Crippen molar-refractivity contribution in [2.45, 2.75) is 70.4 Å². The van der Waals surface area contributed by atoms with Crippen LogP contribution in [0.2, 0.25) is 0 Å². The van der Waals surface area contributed by atoms with Crippen LogP contribution in [0.3, 0.4) is 0 Å². The average Bonchev–Trinajstić information content (AvgIpc) is 2.91. The van der Waals surface area contributed by atoms with E-state index in [0.717, 1.165) is 0 Å². The SMILES string of the molecule is CCO[Si]12OCC(OC3CC(C)(C)N([O])C(C)(C)C3)(CO1)O2. The third kappa shape index (κ3) is 2.76. The van der Waals surface area contributed by atoms with Crippen molar-refractivity contribution in [3.05, 3.63) is 0 Å². The molecule has 1 radical (unpaired) electrons. The Bertz CT molecular complexity index is 417. The van der Waals surface area contributed by atoms with Crippen LogP contribution in [0.25, 0.3) is 0 Å². The zero-order chi connectivity index (χ0) is 16.2. The van der Waals surface area contributed by atoms with Gasteiger partial charge in [0.15, 0.2) is 0 Å². The molecule has 0 aromatic heterocycles. The number of nitrogens with zero attached hydrogens (tertiary/aromatic N) is 1. The molecule has 8 heteroatoms. The van der Waals surface area contributed by atoms with Crippen LogP contribution in [0, 0.1) is 0 Å². The van der Waals surface area contributed by atoms with E-state index in [1.807, 2.05) is 34.6 Å². The molecule has 0 N–H and O–H groups in total. The fourth-order valence-corrected chi connectivity index (χ4v) is 5.96. The van der Waals surface area contributed by atoms with E-state index in [2.05, 4.69) is 0 Å². The molecule has 22 heavy (non-hydrogen) atoms. The van der Waals surface area contributed by atoms with E-state index >= 15 is 0 Å². The lowest BCUT2D eigenvalue weighted by molar-refractivity contribution is -0.316. The van der Waals surface area contributed by atoms with Gasteiger partial charge in [-0.1, -0.05) is 0 Å². The molecule has 0 aromatic carbocycles. The summed E-state index contributed by atoms with van der Waals surface area (Å²) in [5.41, 5.74) is -0.952. The Morgan fingerprint density at radius 1 is 1.14 bits per heavy atom. The van der Waals surface area contributed by atoms with Crippen LogP contribution >= 0.6 is 0 Å². The molecule has 3 heterocycles. The quantitative estimate of drug-likeness (QED) is 0.729. The number of piperidine rings is 1. The molecule has 0 unspecified atom stereocenters. The van der Waals surface area contributed by atoms with Gasteiger partial charge in [0, 0.05) is 17.7 Å². The number of ether oxygens (including phenoxy) is 1. The molecule has 0 atom stereocenters. The molecule has 3 aliphatic rings. The summed E-state index contributed by atoms with van der Waals surface area (Å²) in [5, 5.41) is 13.6. The van der Waals surface area contributed by atoms with E-state index in [-0.39, 0.29) is 6.10 Å². The van der Waals surface area contributed by atoms with Crippen LogP contribution < -0.4 is 0 Å². The molecule has 3 fully saturated rings. The minimum Gasteiger partial charge on any atom is -0.351 e. The number of rotatable bonds is 4. The highest BCUT2D eigenvalue weighted by atomic mass is 28.4. The summed E-state index contributed by atoms with van der Waals surface area (Å²) >= 11 is 0. The zero-order valence-corrected chi connectivity index (χ0v) is 15.0. The third-order valence-electron chi connectivity index (χ3n) is 4.51. The summed E-state index contributed by atoms with van der Waals surface area (Å²) in [6.07, 6.45) is 1.22. The first-order chi connectivity index (χ1) is 10.1. The van der Waals surface area contributed by atoms with Crippen LogP contribution in [-0.4, -0.2) is 56.9 Å². The van der Waals surface area contributed by atoms with Crippen LogP contribution in [0.1, 0.15) is 47.5 Å². The number of hydrogen-bond donors (Lipinski definition) is 0. The highest BCUT2D eigenvalue weighted by Crippen LogP contribution is 2.44. The Balaban J connectivity index is 1.70. The van der Waals surface area contributed by atoms with Gasteiger partial charge >= 0.3 is 9.05 Å². The lowest BCUT2D eigenvalue weighted by Crippen LogP contribution is -2.61. The monoisotopic (exact) mass is 332 g/mol. The molecule has 0 saturated carbocycles. The molecule has 0 amide bonds. The predicted octanol–water partition coefficient (Wildman–Crippen LogP) is 1.62. The van der Waals surface area contributed by atoms with Gasteiger partial charge in [0.05, 0.1) is 19.3 Å². The molecule has 2 bridgehead atoms. The van der Waals surface area contributed by atoms with Crippen LogP contribution in [0.15, 0.2) is 0 Å². The second-order valence-electron chi connectivity index (χ2n) is 7.59. The second kappa shape index (κ2) is 5.22. The molecule has 0 aliphatic carbocycles. The van der Waals surface area contributed by atoms with Gasteiger partial charge < -0.3 is 22.4 Å². The van der Waals surface area contributed by atoms with Gasteiger partial charge in [0.25, 0.3) is 0 Å². The molecule has 7 nitrogen and oxygen atoms in total. The largest absolute Gasteiger partial charge is 0.682 e. The van der Waals surface area contributed by atoms with Gasteiger partial charge in [0.2, 0.25) is 5.79 Å². The molecular formula is C14H26NO6Si. The maximum Gasteiger partial charge on any atom is 0.682 e. The average molecular weight is 332 g/mol. The first kappa shape index (κ1) is 16.8. The summed E-state index contributed by atoms with van der Waals surface area (Å²) in [4.78, 5) is 0. The molecular weight excluding hydrogens is 306 g/mol. The van der Waals surface area contributed by atoms with Gasteiger partial charge in [-0.05, 0) is 47.5 Å². The van der Waals surface area contributed by atoms with Gasteiger partial charge in [-0.2, -0.15) is 0 Å². The van der Waals surface area contributed by atoms with E-state index in [1.165, 1.54) is 5.06 Å². The first-order valence-corrected chi connectivity index (χ1v) is 9.53. The summed E-state index contributed by atoms with van der Waals surface area (Å²) in [6.45, 7) is 10.8. The van der Waals surface area contributed by atoms with E-state index in [9.17, 15) is 5.21 Å². The molecule has 0 spiro atoms. The van der Waals surface area contributed by atoms with Crippen LogP contribution in [0.5, 0.6) is 0 Å². The second-order valence-corrected chi connectivity index (χ2v) is 9.66. The van der Waals surface area contributed by atoms with Crippen LogP contribution in [-0.2, 0) is 27.6 Å².